The minimum Gasteiger partial charge on any atom is -0.780 e. The van der Waals surface area contributed by atoms with Gasteiger partial charge in [0.2, 0.25) is 8.32 Å². The molecule has 0 saturated heterocycles. The molecule has 0 aliphatic rings. The average Bonchev–Trinajstić information content (AvgIpc) is 2.08. The normalized spacial score (nSPS) is 11.9. The summed E-state index contributed by atoms with van der Waals surface area (Å²) in [7, 11) is -1.73. The van der Waals surface area contributed by atoms with Gasteiger partial charge in [-0.05, 0) is 36.7 Å². The van der Waals surface area contributed by atoms with E-state index in [1.807, 2.05) is 18.2 Å². The molecule has 0 saturated carbocycles. The molecule has 0 aliphatic carbocycles. The van der Waals surface area contributed by atoms with Crippen LogP contribution in [0.4, 0.5) is 0 Å². The standard InChI is InChI=1S/C13H22OSSi.Li/c1-10-9-11(15)7-8-12(10)14-16(5,6)13(2,3)4;/h7-9,15H,1-6H3;/q;+1/p-1. The van der Waals surface area contributed by atoms with Gasteiger partial charge in [-0.3, -0.25) is 0 Å². The van der Waals surface area contributed by atoms with E-state index in [2.05, 4.69) is 40.8 Å². The molecule has 0 fully saturated rings. The summed E-state index contributed by atoms with van der Waals surface area (Å²) in [5.41, 5.74) is 1.14. The van der Waals surface area contributed by atoms with Crippen molar-refractivity contribution >= 4 is 20.9 Å². The van der Waals surface area contributed by atoms with Crippen molar-refractivity contribution in [3.63, 3.8) is 0 Å². The summed E-state index contributed by atoms with van der Waals surface area (Å²) in [5.74, 6) is 0.986. The largest absolute Gasteiger partial charge is 1.00 e. The van der Waals surface area contributed by atoms with Crippen molar-refractivity contribution in [3.05, 3.63) is 23.8 Å². The summed E-state index contributed by atoms with van der Waals surface area (Å²) in [6.07, 6.45) is 0. The maximum absolute atomic E-state index is 6.24. The van der Waals surface area contributed by atoms with Crippen LogP contribution < -0.4 is 23.3 Å². The Morgan fingerprint density at radius 1 is 1.18 bits per heavy atom. The molecule has 0 aromatic heterocycles. The molecule has 0 aliphatic heterocycles. The Morgan fingerprint density at radius 3 is 2.12 bits per heavy atom. The van der Waals surface area contributed by atoms with Gasteiger partial charge in [-0.2, -0.15) is 4.90 Å². The molecule has 4 heteroatoms. The summed E-state index contributed by atoms with van der Waals surface area (Å²) in [5, 5.41) is 0.228. The van der Waals surface area contributed by atoms with Gasteiger partial charge in [-0.1, -0.05) is 32.9 Å². The summed E-state index contributed by atoms with van der Waals surface area (Å²) in [6.45, 7) is 13.3. The predicted octanol–water partition coefficient (Wildman–Crippen LogP) is 1.29. The molecule has 1 aromatic carbocycles. The summed E-state index contributed by atoms with van der Waals surface area (Å²) >= 11 is 5.13. The van der Waals surface area contributed by atoms with Crippen LogP contribution in [-0.2, 0) is 12.6 Å². The first-order chi connectivity index (χ1) is 7.13. The van der Waals surface area contributed by atoms with E-state index < -0.39 is 8.32 Å². The van der Waals surface area contributed by atoms with E-state index in [0.717, 1.165) is 16.2 Å². The van der Waals surface area contributed by atoms with Gasteiger partial charge in [0.25, 0.3) is 0 Å². The third-order valence-electron chi connectivity index (χ3n) is 3.32. The molecule has 1 aromatic rings. The van der Waals surface area contributed by atoms with E-state index in [4.69, 9.17) is 17.1 Å². The van der Waals surface area contributed by atoms with Crippen LogP contribution in [0.1, 0.15) is 26.3 Å². The Kier molecular flexibility index (Phi) is 5.81. The van der Waals surface area contributed by atoms with E-state index >= 15 is 0 Å². The van der Waals surface area contributed by atoms with E-state index in [9.17, 15) is 0 Å². The Balaban J connectivity index is 0.00000256. The molecule has 0 radical (unpaired) electrons. The van der Waals surface area contributed by atoms with Crippen molar-refractivity contribution in [1.29, 1.82) is 0 Å². The quantitative estimate of drug-likeness (QED) is 0.585. The molecule has 0 amide bonds. The second-order valence-electron chi connectivity index (χ2n) is 5.79. The van der Waals surface area contributed by atoms with Crippen LogP contribution in [0, 0.1) is 6.92 Å². The topological polar surface area (TPSA) is 9.23 Å². The maximum atomic E-state index is 6.24. The SMILES string of the molecule is Cc1cc([S-])ccc1O[Si](C)(C)C(C)(C)C.[Li+]. The zero-order chi connectivity index (χ0) is 12.6. The first kappa shape index (κ1) is 17.1. The zero-order valence-corrected chi connectivity index (χ0v) is 13.9. The fourth-order valence-corrected chi connectivity index (χ4v) is 2.49. The zero-order valence-electron chi connectivity index (χ0n) is 12.0. The summed E-state index contributed by atoms with van der Waals surface area (Å²) in [4.78, 5) is 0.875. The van der Waals surface area contributed by atoms with Gasteiger partial charge in [0.15, 0.2) is 0 Å². The van der Waals surface area contributed by atoms with Crippen LogP contribution in [0.3, 0.4) is 0 Å². The second-order valence-corrected chi connectivity index (χ2v) is 11.0. The van der Waals surface area contributed by atoms with Gasteiger partial charge in [-0.15, -0.1) is 0 Å². The molecule has 0 N–H and O–H groups in total. The average molecular weight is 260 g/mol. The molecule has 1 rings (SSSR count). The molecule has 0 spiro atoms. The molecule has 0 unspecified atom stereocenters. The number of rotatable bonds is 2. The molecule has 17 heavy (non-hydrogen) atoms. The van der Waals surface area contributed by atoms with Crippen LogP contribution in [0.5, 0.6) is 5.75 Å². The Bertz CT molecular complexity index is 385. The number of hydrogen-bond acceptors (Lipinski definition) is 2. The molecule has 0 bridgehead atoms. The number of benzene rings is 1. The number of aryl methyl sites for hydroxylation is 1. The Hall–Kier alpha value is 0.0543. The fraction of sp³-hybridized carbons (Fsp3) is 0.538. The molecule has 0 atom stereocenters. The smallest absolute Gasteiger partial charge is 0.780 e. The Morgan fingerprint density at radius 2 is 1.71 bits per heavy atom. The van der Waals surface area contributed by atoms with E-state index in [0.29, 0.717) is 0 Å². The molecule has 0 heterocycles. The van der Waals surface area contributed by atoms with Gasteiger partial charge in [0.05, 0.1) is 0 Å². The molecule has 90 valence electrons. The predicted molar refractivity (Wildman–Crippen MR) is 74.6 cm³/mol. The van der Waals surface area contributed by atoms with Gasteiger partial charge in [-0.25, -0.2) is 0 Å². The van der Waals surface area contributed by atoms with Crippen molar-refractivity contribution in [2.24, 2.45) is 0 Å². The first-order valence-electron chi connectivity index (χ1n) is 5.60. The van der Waals surface area contributed by atoms with Crippen LogP contribution in [0.2, 0.25) is 18.1 Å². The third kappa shape index (κ3) is 4.33. The van der Waals surface area contributed by atoms with Crippen molar-refractivity contribution in [2.45, 2.75) is 50.7 Å². The van der Waals surface area contributed by atoms with Gasteiger partial charge in [0.1, 0.15) is 5.75 Å². The van der Waals surface area contributed by atoms with Crippen molar-refractivity contribution in [3.8, 4) is 5.75 Å². The molecular formula is C13H21LiOSSi. The van der Waals surface area contributed by atoms with Gasteiger partial charge < -0.3 is 17.1 Å². The van der Waals surface area contributed by atoms with Gasteiger partial charge >= 0.3 is 18.9 Å². The van der Waals surface area contributed by atoms with Crippen molar-refractivity contribution in [2.75, 3.05) is 0 Å². The molecule has 1 nitrogen and oxygen atoms in total. The minimum atomic E-state index is -1.73. The third-order valence-corrected chi connectivity index (χ3v) is 7.91. The van der Waals surface area contributed by atoms with Crippen LogP contribution in [0.25, 0.3) is 0 Å². The molecular weight excluding hydrogens is 239 g/mol. The fourth-order valence-electron chi connectivity index (χ4n) is 1.16. The summed E-state index contributed by atoms with van der Waals surface area (Å²) < 4.78 is 6.24. The first-order valence-corrected chi connectivity index (χ1v) is 8.92. The van der Waals surface area contributed by atoms with E-state index in [-0.39, 0.29) is 23.9 Å². The van der Waals surface area contributed by atoms with Gasteiger partial charge in [0, 0.05) is 0 Å². The van der Waals surface area contributed by atoms with Crippen molar-refractivity contribution in [1.82, 2.24) is 0 Å². The van der Waals surface area contributed by atoms with E-state index in [1.54, 1.807) is 0 Å². The van der Waals surface area contributed by atoms with Crippen LogP contribution in [0.15, 0.2) is 23.1 Å². The minimum absolute atomic E-state index is 0. The second kappa shape index (κ2) is 5.80. The summed E-state index contributed by atoms with van der Waals surface area (Å²) in [6, 6.07) is 5.93. The van der Waals surface area contributed by atoms with Crippen LogP contribution >= 0.6 is 0 Å². The Labute approximate surface area is 124 Å². The number of hydrogen-bond donors (Lipinski definition) is 0. The van der Waals surface area contributed by atoms with E-state index in [1.165, 1.54) is 0 Å². The maximum Gasteiger partial charge on any atom is 1.00 e. The van der Waals surface area contributed by atoms with Crippen LogP contribution in [-0.4, -0.2) is 8.32 Å². The van der Waals surface area contributed by atoms with Crippen molar-refractivity contribution < 1.29 is 23.3 Å². The monoisotopic (exact) mass is 260 g/mol.